The van der Waals surface area contributed by atoms with E-state index in [1.54, 1.807) is 36.4 Å². The van der Waals surface area contributed by atoms with Gasteiger partial charge in [0.25, 0.3) is 0 Å². The van der Waals surface area contributed by atoms with Crippen LogP contribution in [0.4, 0.5) is 10.1 Å². The van der Waals surface area contributed by atoms with Crippen LogP contribution >= 0.6 is 0 Å². The van der Waals surface area contributed by atoms with Crippen LogP contribution in [-0.2, 0) is 29.1 Å². The first-order chi connectivity index (χ1) is 17.5. The van der Waals surface area contributed by atoms with Gasteiger partial charge in [-0.1, -0.05) is 36.4 Å². The van der Waals surface area contributed by atoms with E-state index in [4.69, 9.17) is 25.4 Å². The number of carboxylic acids is 1. The van der Waals surface area contributed by atoms with Crippen molar-refractivity contribution in [1.29, 1.82) is 0 Å². The highest BCUT2D eigenvalue weighted by molar-refractivity contribution is 5.72. The first kappa shape index (κ1) is 27.1. The molecule has 1 atom stereocenters. The fourth-order valence-corrected chi connectivity index (χ4v) is 4.10. The van der Waals surface area contributed by atoms with Crippen LogP contribution in [0.1, 0.15) is 29.5 Å². The molecule has 1 heterocycles. The van der Waals surface area contributed by atoms with Crippen LogP contribution in [-0.4, -0.2) is 42.5 Å². The summed E-state index contributed by atoms with van der Waals surface area (Å²) in [6.45, 7) is 1.62. The summed E-state index contributed by atoms with van der Waals surface area (Å²) in [5, 5.41) is 19.4. The number of hydrogen-bond acceptors (Lipinski definition) is 6. The fourth-order valence-electron chi connectivity index (χ4n) is 4.10. The number of carbonyl (C=O) groups is 1. The van der Waals surface area contributed by atoms with Crippen molar-refractivity contribution in [2.45, 2.75) is 38.5 Å². The Kier molecular flexibility index (Phi) is 10.2. The lowest BCUT2D eigenvalue weighted by Crippen LogP contribution is -2.19. The predicted molar refractivity (Wildman–Crippen MR) is 137 cm³/mol. The number of aliphatic hydroxyl groups excluding tert-OH is 1. The maximum absolute atomic E-state index is 15.5. The van der Waals surface area contributed by atoms with Gasteiger partial charge in [0.05, 0.1) is 18.2 Å². The van der Waals surface area contributed by atoms with Crippen molar-refractivity contribution < 1.29 is 28.9 Å². The first-order valence-electron chi connectivity index (χ1n) is 11.9. The molecule has 1 aliphatic rings. The van der Waals surface area contributed by atoms with Gasteiger partial charge in [-0.25, -0.2) is 4.39 Å². The lowest BCUT2D eigenvalue weighted by Gasteiger charge is -2.17. The smallest absolute Gasteiger partial charge is 0.307 e. The second-order valence-electron chi connectivity index (χ2n) is 8.38. The summed E-state index contributed by atoms with van der Waals surface area (Å²) in [7, 11) is 1.00. The molecule has 8 heteroatoms. The Morgan fingerprint density at radius 3 is 2.64 bits per heavy atom. The van der Waals surface area contributed by atoms with Crippen molar-refractivity contribution in [1.82, 2.24) is 0 Å². The third-order valence-electron chi connectivity index (χ3n) is 5.89. The molecule has 1 aliphatic heterocycles. The molecular weight excluding hydrogens is 463 g/mol. The normalized spacial score (nSPS) is 14.6. The van der Waals surface area contributed by atoms with E-state index in [9.17, 15) is 4.79 Å². The van der Waals surface area contributed by atoms with E-state index in [1.165, 1.54) is 0 Å². The number of hydrogen-bond donors (Lipinski definition) is 4. The molecule has 0 radical (unpaired) electrons. The number of nitrogens with two attached hydrogens (primary N) is 1. The minimum Gasteiger partial charge on any atom is -0.488 e. The summed E-state index contributed by atoms with van der Waals surface area (Å²) in [5.74, 6) is -0.925. The molecule has 192 valence electrons. The van der Waals surface area contributed by atoms with Crippen molar-refractivity contribution in [2.75, 3.05) is 25.6 Å². The monoisotopic (exact) mass is 496 g/mol. The Labute approximate surface area is 210 Å². The lowest BCUT2D eigenvalue weighted by atomic mass is 9.99. The van der Waals surface area contributed by atoms with E-state index in [0.29, 0.717) is 35.7 Å². The van der Waals surface area contributed by atoms with Gasteiger partial charge < -0.3 is 30.7 Å². The van der Waals surface area contributed by atoms with Gasteiger partial charge in [0.1, 0.15) is 12.4 Å². The van der Waals surface area contributed by atoms with Gasteiger partial charge in [-0.3, -0.25) is 4.79 Å². The van der Waals surface area contributed by atoms with Crippen molar-refractivity contribution in [2.24, 2.45) is 5.73 Å². The molecule has 7 nitrogen and oxygen atoms in total. The quantitative estimate of drug-likeness (QED) is 0.330. The molecule has 1 unspecified atom stereocenters. The van der Waals surface area contributed by atoms with Crippen molar-refractivity contribution >= 4 is 11.7 Å². The Morgan fingerprint density at radius 2 is 1.92 bits per heavy atom. The molecule has 1 fully saturated rings. The van der Waals surface area contributed by atoms with Gasteiger partial charge in [-0.05, 0) is 53.8 Å². The summed E-state index contributed by atoms with van der Waals surface area (Å²) in [6.07, 6.45) is 1.85. The summed E-state index contributed by atoms with van der Waals surface area (Å²) < 4.78 is 27.1. The molecule has 0 saturated carbocycles. The average molecular weight is 497 g/mol. The number of benzene rings is 3. The second-order valence-corrected chi connectivity index (χ2v) is 8.38. The van der Waals surface area contributed by atoms with E-state index < -0.39 is 11.8 Å². The third-order valence-corrected chi connectivity index (χ3v) is 5.89. The topological polar surface area (TPSA) is 114 Å². The van der Waals surface area contributed by atoms with E-state index in [0.717, 1.165) is 43.2 Å². The van der Waals surface area contributed by atoms with Gasteiger partial charge in [0, 0.05) is 37.9 Å². The molecule has 0 spiro atoms. The number of ether oxygens (including phenoxy) is 2. The SMILES string of the molecule is CO.NCc1cccc(-c2cc(COc3ccccc3CC(=O)O)c(F)c(NCC3CCCO3)c2)c1. The number of rotatable bonds is 10. The van der Waals surface area contributed by atoms with Crippen LogP contribution in [0.3, 0.4) is 0 Å². The summed E-state index contributed by atoms with van der Waals surface area (Å²) in [5.41, 5.74) is 9.85. The van der Waals surface area contributed by atoms with Gasteiger partial charge in [0.2, 0.25) is 0 Å². The maximum atomic E-state index is 15.5. The minimum atomic E-state index is -0.954. The average Bonchev–Trinajstić information content (AvgIpc) is 3.43. The fraction of sp³-hybridized carbons (Fsp3) is 0.321. The number of halogens is 1. The lowest BCUT2D eigenvalue weighted by molar-refractivity contribution is -0.136. The maximum Gasteiger partial charge on any atom is 0.307 e. The number of para-hydroxylation sites is 1. The Balaban J connectivity index is 0.00000176. The zero-order valence-electron chi connectivity index (χ0n) is 20.4. The number of aliphatic carboxylic acids is 1. The van der Waals surface area contributed by atoms with Gasteiger partial charge in [0.15, 0.2) is 5.82 Å². The Morgan fingerprint density at radius 1 is 1.11 bits per heavy atom. The molecule has 0 amide bonds. The molecule has 0 aliphatic carbocycles. The number of aliphatic hydroxyl groups is 1. The molecule has 0 aromatic heterocycles. The van der Waals surface area contributed by atoms with E-state index >= 15 is 4.39 Å². The van der Waals surface area contributed by atoms with Crippen molar-refractivity contribution in [3.05, 3.63) is 83.2 Å². The van der Waals surface area contributed by atoms with Gasteiger partial charge in [-0.15, -0.1) is 0 Å². The summed E-state index contributed by atoms with van der Waals surface area (Å²) in [6, 6.07) is 18.3. The van der Waals surface area contributed by atoms with Crippen molar-refractivity contribution in [3.63, 3.8) is 0 Å². The van der Waals surface area contributed by atoms with Gasteiger partial charge >= 0.3 is 5.97 Å². The van der Waals surface area contributed by atoms with Crippen LogP contribution in [0.2, 0.25) is 0 Å². The van der Waals surface area contributed by atoms with Crippen molar-refractivity contribution in [3.8, 4) is 16.9 Å². The minimum absolute atomic E-state index is 0.0402. The Hall–Kier alpha value is -3.46. The van der Waals surface area contributed by atoms with Crippen LogP contribution < -0.4 is 15.8 Å². The largest absolute Gasteiger partial charge is 0.488 e. The molecule has 5 N–H and O–H groups in total. The number of carboxylic acid groups (broad SMARTS) is 1. The first-order valence-corrected chi connectivity index (χ1v) is 11.9. The highest BCUT2D eigenvalue weighted by atomic mass is 19.1. The zero-order chi connectivity index (χ0) is 25.9. The van der Waals surface area contributed by atoms with E-state index in [2.05, 4.69) is 5.32 Å². The number of anilines is 1. The Bertz CT molecular complexity index is 1150. The summed E-state index contributed by atoms with van der Waals surface area (Å²) in [4.78, 5) is 11.2. The predicted octanol–water partition coefficient (Wildman–Crippen LogP) is 4.36. The van der Waals surface area contributed by atoms with Gasteiger partial charge in [-0.2, -0.15) is 0 Å². The van der Waals surface area contributed by atoms with Crippen LogP contribution in [0.5, 0.6) is 5.75 Å². The van der Waals surface area contributed by atoms with Crippen LogP contribution in [0.25, 0.3) is 11.1 Å². The molecular formula is C28H33FN2O5. The molecule has 3 aromatic rings. The third kappa shape index (κ3) is 7.27. The van der Waals surface area contributed by atoms with E-state index in [1.807, 2.05) is 24.3 Å². The zero-order valence-corrected chi connectivity index (χ0v) is 20.4. The standard InChI is InChI=1S/C27H29FN2O4.CH4O/c28-27-22(17-34-25-9-2-1-6-20(25)14-26(31)32)12-21(19-7-3-5-18(11-19)15-29)13-24(27)30-16-23-8-4-10-33-23;1-2/h1-3,5-7,9,11-13,23,30H,4,8,10,14-17,29H2,(H,31,32);2H,1H3. The highest BCUT2D eigenvalue weighted by Gasteiger charge is 2.18. The highest BCUT2D eigenvalue weighted by Crippen LogP contribution is 2.30. The van der Waals surface area contributed by atoms with Crippen LogP contribution in [0.15, 0.2) is 60.7 Å². The molecule has 1 saturated heterocycles. The van der Waals surface area contributed by atoms with Crippen LogP contribution in [0, 0.1) is 5.82 Å². The second kappa shape index (κ2) is 13.6. The number of nitrogens with one attached hydrogen (secondary N) is 1. The van der Waals surface area contributed by atoms with E-state index in [-0.39, 0.29) is 19.1 Å². The summed E-state index contributed by atoms with van der Waals surface area (Å²) >= 11 is 0. The molecule has 0 bridgehead atoms. The molecule has 3 aromatic carbocycles. The molecule has 4 rings (SSSR count). The molecule has 36 heavy (non-hydrogen) atoms.